The maximum atomic E-state index is 13.5. The fraction of sp³-hybridized carbons (Fsp3) is 0.188. The number of ether oxygens (including phenoxy) is 2. The lowest BCUT2D eigenvalue weighted by Gasteiger charge is -2.25. The number of Topliss-reactive ketones (excluding diaryl/α,β-unsaturated/α-hetero) is 1. The van der Waals surface area contributed by atoms with Crippen LogP contribution in [0.25, 0.3) is 5.57 Å². The second-order valence-electron chi connectivity index (χ2n) is 9.53. The highest BCUT2D eigenvalue weighted by molar-refractivity contribution is 6.16. The number of carbonyl (C=O) groups is 2. The highest BCUT2D eigenvalue weighted by Crippen LogP contribution is 2.40. The largest absolute Gasteiger partial charge is 0.497 e. The molecule has 0 aromatic heterocycles. The lowest BCUT2D eigenvalue weighted by Crippen LogP contribution is -2.28. The standard InChI is InChI=1S/C32H29N5O4/c1-37(2)23-10-6-22(7-11-23)30-31(35)26(16-33)29(27(17-34)32(30)39)21-8-14-25(15-9-21)41-19-28(38)36-18-20-4-12-24(40-3)13-5-20/h4-15,30H,18-19,35H2,1-3H3,(H,36,38). The molecule has 4 rings (SSSR count). The zero-order valence-corrected chi connectivity index (χ0v) is 23.0. The van der Waals surface area contributed by atoms with E-state index < -0.39 is 11.7 Å². The molecule has 1 amide bonds. The van der Waals surface area contributed by atoms with Gasteiger partial charge in [-0.05, 0) is 53.1 Å². The van der Waals surface area contributed by atoms with E-state index in [1.165, 1.54) is 0 Å². The third-order valence-electron chi connectivity index (χ3n) is 6.74. The van der Waals surface area contributed by atoms with Gasteiger partial charge in [-0.25, -0.2) is 0 Å². The van der Waals surface area contributed by atoms with Crippen LogP contribution in [0.15, 0.2) is 89.6 Å². The second kappa shape index (κ2) is 12.5. The first-order valence-electron chi connectivity index (χ1n) is 12.8. The van der Waals surface area contributed by atoms with Crippen molar-refractivity contribution in [2.75, 3.05) is 32.7 Å². The van der Waals surface area contributed by atoms with Crippen LogP contribution < -0.4 is 25.4 Å². The first-order valence-corrected chi connectivity index (χ1v) is 12.8. The Kier molecular flexibility index (Phi) is 8.71. The summed E-state index contributed by atoms with van der Waals surface area (Å²) in [5.74, 6) is -0.561. The van der Waals surface area contributed by atoms with Gasteiger partial charge in [0.1, 0.15) is 29.2 Å². The fourth-order valence-electron chi connectivity index (χ4n) is 4.50. The lowest BCUT2D eigenvalue weighted by molar-refractivity contribution is -0.123. The summed E-state index contributed by atoms with van der Waals surface area (Å²) in [4.78, 5) is 27.7. The second-order valence-corrected chi connectivity index (χ2v) is 9.53. The van der Waals surface area contributed by atoms with Crippen LogP contribution in [-0.4, -0.2) is 39.5 Å². The number of hydrogen-bond donors (Lipinski definition) is 2. The van der Waals surface area contributed by atoms with E-state index in [0.29, 0.717) is 23.4 Å². The summed E-state index contributed by atoms with van der Waals surface area (Å²) in [5, 5.41) is 22.7. The van der Waals surface area contributed by atoms with Crippen LogP contribution in [0, 0.1) is 22.7 Å². The van der Waals surface area contributed by atoms with Crippen molar-refractivity contribution in [2.45, 2.75) is 12.5 Å². The van der Waals surface area contributed by atoms with Gasteiger partial charge in [0.15, 0.2) is 12.4 Å². The van der Waals surface area contributed by atoms with Gasteiger partial charge in [-0.1, -0.05) is 36.4 Å². The minimum absolute atomic E-state index is 0.0782. The summed E-state index contributed by atoms with van der Waals surface area (Å²) >= 11 is 0. The number of methoxy groups -OCH3 is 1. The molecule has 3 N–H and O–H groups in total. The van der Waals surface area contributed by atoms with Crippen LogP contribution in [0.3, 0.4) is 0 Å². The number of nitrogens with two attached hydrogens (primary N) is 1. The van der Waals surface area contributed by atoms with Crippen LogP contribution in [0.4, 0.5) is 5.69 Å². The number of anilines is 1. The number of rotatable bonds is 9. The molecule has 3 aromatic carbocycles. The first-order chi connectivity index (χ1) is 19.8. The Bertz CT molecular complexity index is 1590. The predicted octanol–water partition coefficient (Wildman–Crippen LogP) is 3.84. The van der Waals surface area contributed by atoms with Crippen LogP contribution in [0.1, 0.15) is 22.6 Å². The summed E-state index contributed by atoms with van der Waals surface area (Å²) in [6.45, 7) is 0.139. The molecule has 1 aliphatic rings. The molecule has 0 saturated carbocycles. The average molecular weight is 548 g/mol. The number of allylic oxidation sites excluding steroid dienone is 4. The molecule has 1 unspecified atom stereocenters. The Morgan fingerprint density at radius 3 is 2.10 bits per heavy atom. The lowest BCUT2D eigenvalue weighted by atomic mass is 9.76. The normalized spacial score (nSPS) is 14.7. The number of hydrogen-bond acceptors (Lipinski definition) is 8. The highest BCUT2D eigenvalue weighted by atomic mass is 16.5. The molecule has 41 heavy (non-hydrogen) atoms. The molecule has 0 fully saturated rings. The quantitative estimate of drug-likeness (QED) is 0.412. The third kappa shape index (κ3) is 6.21. The van der Waals surface area contributed by atoms with Crippen LogP contribution in [-0.2, 0) is 16.1 Å². The minimum Gasteiger partial charge on any atom is -0.497 e. The summed E-state index contributed by atoms with van der Waals surface area (Å²) in [7, 11) is 5.40. The molecule has 9 heteroatoms. The van der Waals surface area contributed by atoms with E-state index >= 15 is 0 Å². The van der Waals surface area contributed by atoms with E-state index in [4.69, 9.17) is 15.2 Å². The van der Waals surface area contributed by atoms with Gasteiger partial charge < -0.3 is 25.4 Å². The summed E-state index contributed by atoms with van der Waals surface area (Å²) in [6.07, 6.45) is 0. The van der Waals surface area contributed by atoms with Gasteiger partial charge in [0.2, 0.25) is 0 Å². The van der Waals surface area contributed by atoms with E-state index in [1.54, 1.807) is 43.5 Å². The van der Waals surface area contributed by atoms with E-state index in [0.717, 1.165) is 17.0 Å². The van der Waals surface area contributed by atoms with Crippen LogP contribution in [0.2, 0.25) is 0 Å². The average Bonchev–Trinajstić information content (AvgIpc) is 2.99. The number of nitrogens with one attached hydrogen (secondary N) is 1. The molecule has 1 aliphatic carbocycles. The van der Waals surface area contributed by atoms with Gasteiger partial charge in [-0.15, -0.1) is 0 Å². The Morgan fingerprint density at radius 1 is 0.927 bits per heavy atom. The van der Waals surface area contributed by atoms with E-state index in [2.05, 4.69) is 11.4 Å². The Morgan fingerprint density at radius 2 is 1.54 bits per heavy atom. The zero-order chi connectivity index (χ0) is 29.5. The third-order valence-corrected chi connectivity index (χ3v) is 6.74. The van der Waals surface area contributed by atoms with Gasteiger partial charge in [0.25, 0.3) is 5.91 Å². The SMILES string of the molecule is COc1ccc(CNC(=O)COc2ccc(C3=C(C#N)C(=O)C(c4ccc(N(C)C)cc4)C(N)=C3C#N)cc2)cc1. The number of benzene rings is 3. The van der Waals surface area contributed by atoms with Gasteiger partial charge in [0, 0.05) is 37.6 Å². The number of nitriles is 2. The molecule has 0 aliphatic heterocycles. The number of amides is 1. The van der Waals surface area contributed by atoms with E-state index in [1.807, 2.05) is 61.5 Å². The maximum absolute atomic E-state index is 13.5. The Hall–Kier alpha value is -5.54. The van der Waals surface area contributed by atoms with Crippen molar-refractivity contribution in [3.63, 3.8) is 0 Å². The van der Waals surface area contributed by atoms with Crippen LogP contribution >= 0.6 is 0 Å². The Labute approximate surface area is 238 Å². The van der Waals surface area contributed by atoms with Crippen molar-refractivity contribution in [3.05, 3.63) is 106 Å². The molecule has 3 aromatic rings. The van der Waals surface area contributed by atoms with Crippen molar-refractivity contribution in [3.8, 4) is 23.6 Å². The van der Waals surface area contributed by atoms with E-state index in [9.17, 15) is 20.1 Å². The van der Waals surface area contributed by atoms with Gasteiger partial charge in [0.05, 0.1) is 18.6 Å². The van der Waals surface area contributed by atoms with Crippen molar-refractivity contribution >= 4 is 23.0 Å². The summed E-state index contributed by atoms with van der Waals surface area (Å²) < 4.78 is 10.7. The first kappa shape index (κ1) is 28.5. The van der Waals surface area contributed by atoms with Crippen molar-refractivity contribution in [1.82, 2.24) is 5.32 Å². The molecule has 0 bridgehead atoms. The van der Waals surface area contributed by atoms with Crippen molar-refractivity contribution in [2.24, 2.45) is 5.73 Å². The smallest absolute Gasteiger partial charge is 0.258 e. The summed E-state index contributed by atoms with van der Waals surface area (Å²) in [6, 6.07) is 25.2. The number of carbonyl (C=O) groups excluding carboxylic acids is 2. The predicted molar refractivity (Wildman–Crippen MR) is 155 cm³/mol. The molecule has 0 saturated heterocycles. The van der Waals surface area contributed by atoms with Crippen LogP contribution in [0.5, 0.6) is 11.5 Å². The van der Waals surface area contributed by atoms with Crippen molar-refractivity contribution < 1.29 is 19.1 Å². The van der Waals surface area contributed by atoms with Gasteiger partial charge in [-0.2, -0.15) is 10.5 Å². The monoisotopic (exact) mass is 547 g/mol. The number of nitrogens with zero attached hydrogens (tertiary/aromatic N) is 3. The zero-order valence-electron chi connectivity index (χ0n) is 23.0. The topological polar surface area (TPSA) is 141 Å². The van der Waals surface area contributed by atoms with Gasteiger partial charge >= 0.3 is 0 Å². The van der Waals surface area contributed by atoms with Crippen molar-refractivity contribution in [1.29, 1.82) is 10.5 Å². The molecule has 1 atom stereocenters. The molecule has 0 spiro atoms. The molecule has 0 radical (unpaired) electrons. The highest BCUT2D eigenvalue weighted by Gasteiger charge is 2.37. The minimum atomic E-state index is -0.932. The molecular formula is C32H29N5O4. The van der Waals surface area contributed by atoms with E-state index in [-0.39, 0.29) is 34.9 Å². The molecule has 0 heterocycles. The van der Waals surface area contributed by atoms with Gasteiger partial charge in [-0.3, -0.25) is 9.59 Å². The summed E-state index contributed by atoms with van der Waals surface area (Å²) in [5.41, 5.74) is 9.55. The number of ketones is 1. The fourth-order valence-corrected chi connectivity index (χ4v) is 4.50. The maximum Gasteiger partial charge on any atom is 0.258 e. The Balaban J connectivity index is 1.48. The molecule has 206 valence electrons. The molecule has 9 nitrogen and oxygen atoms in total. The molecular weight excluding hydrogens is 518 g/mol.